The molecular weight excluding hydrogens is 296 g/mol. The number of aromatic nitrogens is 1. The molecule has 0 bridgehead atoms. The summed E-state index contributed by atoms with van der Waals surface area (Å²) in [6, 6.07) is 7.12. The average Bonchev–Trinajstić information content (AvgIpc) is 2.89. The van der Waals surface area contributed by atoms with Gasteiger partial charge in [-0.3, -0.25) is 0 Å². The molecule has 2 rings (SSSR count). The van der Waals surface area contributed by atoms with Crippen molar-refractivity contribution in [2.75, 3.05) is 12.0 Å². The predicted octanol–water partition coefficient (Wildman–Crippen LogP) is 1.54. The summed E-state index contributed by atoms with van der Waals surface area (Å²) in [6.45, 7) is 0. The van der Waals surface area contributed by atoms with Crippen molar-refractivity contribution in [1.82, 2.24) is 4.98 Å². The molecule has 2 aromatic heterocycles. The Hall–Kier alpha value is -2.42. The number of nitrogens with zero attached hydrogens (tertiary/aromatic N) is 3. The summed E-state index contributed by atoms with van der Waals surface area (Å²) < 4.78 is 23.5. The van der Waals surface area contributed by atoms with Gasteiger partial charge in [0.1, 0.15) is 23.5 Å². The number of hydrogen-bond acceptors (Lipinski definition) is 7. The number of pyridine rings is 1. The Morgan fingerprint density at radius 1 is 1.30 bits per heavy atom. The third-order valence-electron chi connectivity index (χ3n) is 2.53. The zero-order valence-electron chi connectivity index (χ0n) is 10.3. The van der Waals surface area contributed by atoms with Crippen molar-refractivity contribution >= 4 is 27.0 Å². The van der Waals surface area contributed by atoms with Gasteiger partial charge < -0.3 is 5.73 Å². The van der Waals surface area contributed by atoms with Crippen LogP contribution in [0.2, 0.25) is 0 Å². The van der Waals surface area contributed by atoms with Crippen LogP contribution >= 0.6 is 11.3 Å². The van der Waals surface area contributed by atoms with Gasteiger partial charge in [-0.2, -0.15) is 10.5 Å². The van der Waals surface area contributed by atoms with Crippen molar-refractivity contribution in [3.8, 4) is 22.6 Å². The number of hydrogen-bond donors (Lipinski definition) is 1. The minimum atomic E-state index is -3.73. The fourth-order valence-corrected chi connectivity index (χ4v) is 3.30. The summed E-state index contributed by atoms with van der Waals surface area (Å²) in [5.41, 5.74) is 5.73. The molecule has 0 saturated heterocycles. The van der Waals surface area contributed by atoms with Gasteiger partial charge in [-0.15, -0.1) is 11.3 Å². The summed E-state index contributed by atoms with van der Waals surface area (Å²) in [4.78, 5) is 4.30. The smallest absolute Gasteiger partial charge is 0.194 e. The quantitative estimate of drug-likeness (QED) is 0.898. The number of nitrogens with two attached hydrogens (primary N) is 1. The highest BCUT2D eigenvalue weighted by Gasteiger charge is 2.25. The summed E-state index contributed by atoms with van der Waals surface area (Å²) in [6.07, 6.45) is 0.944. The fraction of sp³-hybridized carbons (Fsp3) is 0.0833. The summed E-state index contributed by atoms with van der Waals surface area (Å²) >= 11 is 1.28. The zero-order valence-corrected chi connectivity index (χ0v) is 11.9. The van der Waals surface area contributed by atoms with Crippen molar-refractivity contribution in [2.24, 2.45) is 0 Å². The molecule has 0 amide bonds. The van der Waals surface area contributed by atoms with Crippen LogP contribution in [0.1, 0.15) is 11.1 Å². The van der Waals surface area contributed by atoms with Crippen LogP contribution in [0.15, 0.2) is 22.5 Å². The first-order chi connectivity index (χ1) is 9.40. The van der Waals surface area contributed by atoms with E-state index >= 15 is 0 Å². The van der Waals surface area contributed by atoms with Gasteiger partial charge in [0.15, 0.2) is 14.9 Å². The van der Waals surface area contributed by atoms with Gasteiger partial charge in [-0.25, -0.2) is 13.4 Å². The van der Waals surface area contributed by atoms with Crippen LogP contribution in [-0.4, -0.2) is 19.7 Å². The maximum Gasteiger partial charge on any atom is 0.194 e. The number of sulfone groups is 1. The molecule has 2 aromatic rings. The lowest BCUT2D eigenvalue weighted by molar-refractivity contribution is 0.598. The SMILES string of the molecule is CS(=O)(=O)c1nc(N)c(C#N)c(-c2cccs2)c1C#N. The highest BCUT2D eigenvalue weighted by Crippen LogP contribution is 2.35. The van der Waals surface area contributed by atoms with Crippen LogP contribution in [0.3, 0.4) is 0 Å². The van der Waals surface area contributed by atoms with E-state index in [1.54, 1.807) is 17.5 Å². The van der Waals surface area contributed by atoms with Gasteiger partial charge >= 0.3 is 0 Å². The standard InChI is InChI=1S/C12H8N4O2S2/c1-20(17,18)12-8(6-14)10(9-3-2-4-19-9)7(5-13)11(15)16-12/h2-4H,1H3,(H2,15,16). The number of rotatable bonds is 2. The maximum absolute atomic E-state index is 11.7. The molecule has 0 atom stereocenters. The molecule has 0 fully saturated rings. The fourth-order valence-electron chi connectivity index (χ4n) is 1.73. The second-order valence-corrected chi connectivity index (χ2v) is 6.78. The molecule has 0 aromatic carbocycles. The molecule has 0 aliphatic heterocycles. The molecule has 2 heterocycles. The lowest BCUT2D eigenvalue weighted by Crippen LogP contribution is -2.10. The van der Waals surface area contributed by atoms with E-state index in [2.05, 4.69) is 4.98 Å². The van der Waals surface area contributed by atoms with Crippen LogP contribution in [0.25, 0.3) is 10.4 Å². The summed E-state index contributed by atoms with van der Waals surface area (Å²) in [5, 5.41) is 19.8. The van der Waals surface area contributed by atoms with Gasteiger partial charge in [-0.05, 0) is 11.4 Å². The Kier molecular flexibility index (Phi) is 3.45. The van der Waals surface area contributed by atoms with Crippen molar-refractivity contribution < 1.29 is 8.42 Å². The van der Waals surface area contributed by atoms with Gasteiger partial charge in [0.2, 0.25) is 0 Å². The highest BCUT2D eigenvalue weighted by atomic mass is 32.2. The van der Waals surface area contributed by atoms with E-state index in [0.29, 0.717) is 4.88 Å². The van der Waals surface area contributed by atoms with Crippen molar-refractivity contribution in [3.05, 3.63) is 28.6 Å². The highest BCUT2D eigenvalue weighted by molar-refractivity contribution is 7.90. The molecule has 8 heteroatoms. The van der Waals surface area contributed by atoms with Gasteiger partial charge in [-0.1, -0.05) is 6.07 Å². The summed E-state index contributed by atoms with van der Waals surface area (Å²) in [7, 11) is -3.73. The minimum Gasteiger partial charge on any atom is -0.383 e. The van der Waals surface area contributed by atoms with E-state index in [0.717, 1.165) is 6.26 Å². The Morgan fingerprint density at radius 3 is 2.40 bits per heavy atom. The first-order valence-corrected chi connectivity index (χ1v) is 8.05. The Labute approximate surface area is 119 Å². The average molecular weight is 304 g/mol. The van der Waals surface area contributed by atoms with Crippen LogP contribution in [-0.2, 0) is 9.84 Å². The molecular formula is C12H8N4O2S2. The topological polar surface area (TPSA) is 121 Å². The van der Waals surface area contributed by atoms with E-state index in [4.69, 9.17) is 5.73 Å². The molecule has 0 aliphatic carbocycles. The van der Waals surface area contributed by atoms with Crippen molar-refractivity contribution in [2.45, 2.75) is 5.03 Å². The Balaban J connectivity index is 3.02. The molecule has 20 heavy (non-hydrogen) atoms. The van der Waals surface area contributed by atoms with Crippen LogP contribution in [0.5, 0.6) is 0 Å². The van der Waals surface area contributed by atoms with E-state index in [9.17, 15) is 18.9 Å². The van der Waals surface area contributed by atoms with E-state index < -0.39 is 14.9 Å². The van der Waals surface area contributed by atoms with Crippen molar-refractivity contribution in [3.63, 3.8) is 0 Å². The molecule has 0 unspecified atom stereocenters. The first kappa shape index (κ1) is 14.0. The third kappa shape index (κ3) is 2.23. The lowest BCUT2D eigenvalue weighted by Gasteiger charge is -2.10. The first-order valence-electron chi connectivity index (χ1n) is 5.27. The maximum atomic E-state index is 11.7. The van der Waals surface area contributed by atoms with Crippen LogP contribution in [0, 0.1) is 22.7 Å². The molecule has 6 nitrogen and oxygen atoms in total. The minimum absolute atomic E-state index is 0.0106. The monoisotopic (exact) mass is 304 g/mol. The molecule has 0 saturated carbocycles. The molecule has 100 valence electrons. The lowest BCUT2D eigenvalue weighted by atomic mass is 10.0. The predicted molar refractivity (Wildman–Crippen MR) is 74.5 cm³/mol. The Bertz CT molecular complexity index is 856. The Morgan fingerprint density at radius 2 is 1.95 bits per heavy atom. The molecule has 0 spiro atoms. The largest absolute Gasteiger partial charge is 0.383 e. The normalized spacial score (nSPS) is 10.8. The van der Waals surface area contributed by atoms with E-state index in [1.165, 1.54) is 11.3 Å². The third-order valence-corrected chi connectivity index (χ3v) is 4.42. The van der Waals surface area contributed by atoms with Gasteiger partial charge in [0, 0.05) is 16.7 Å². The van der Waals surface area contributed by atoms with Crippen LogP contribution < -0.4 is 5.73 Å². The van der Waals surface area contributed by atoms with Gasteiger partial charge in [0.05, 0.1) is 5.56 Å². The van der Waals surface area contributed by atoms with Crippen molar-refractivity contribution in [1.29, 1.82) is 10.5 Å². The van der Waals surface area contributed by atoms with Crippen LogP contribution in [0.4, 0.5) is 5.82 Å². The van der Waals surface area contributed by atoms with E-state index in [1.807, 2.05) is 12.1 Å². The number of nitrogen functional groups attached to an aromatic ring is 1. The second-order valence-electron chi connectivity index (χ2n) is 3.90. The number of nitriles is 2. The molecule has 0 radical (unpaired) electrons. The molecule has 0 aliphatic rings. The van der Waals surface area contributed by atoms with E-state index in [-0.39, 0.29) is 22.5 Å². The zero-order chi connectivity index (χ0) is 14.9. The second kappa shape index (κ2) is 4.93. The number of anilines is 1. The van der Waals surface area contributed by atoms with Gasteiger partial charge in [0.25, 0.3) is 0 Å². The molecule has 2 N–H and O–H groups in total. The summed E-state index contributed by atoms with van der Waals surface area (Å²) in [5.74, 6) is -0.199. The number of thiophene rings is 1.